The van der Waals surface area contributed by atoms with Gasteiger partial charge in [-0.3, -0.25) is 4.79 Å². The lowest BCUT2D eigenvalue weighted by molar-refractivity contribution is 0.0199. The first-order chi connectivity index (χ1) is 13.2. The van der Waals surface area contributed by atoms with Gasteiger partial charge in [0.25, 0.3) is 5.91 Å². The van der Waals surface area contributed by atoms with Crippen LogP contribution < -0.4 is 10.1 Å². The largest absolute Gasteiger partial charge is 0.489 e. The highest BCUT2D eigenvalue weighted by molar-refractivity contribution is 5.93. The number of aromatic nitrogens is 1. The SMILES string of the molecule is CC(C)(C)OC(=O)N1CCC(NC(=O)c2cc(OCCF)c(C#N)cn2)CC1. The van der Waals surface area contributed by atoms with Gasteiger partial charge in [-0.2, -0.15) is 5.26 Å². The van der Waals surface area contributed by atoms with Crippen molar-refractivity contribution >= 4 is 12.0 Å². The van der Waals surface area contributed by atoms with E-state index in [1.807, 2.05) is 26.8 Å². The fourth-order valence-electron chi connectivity index (χ4n) is 2.71. The van der Waals surface area contributed by atoms with E-state index in [2.05, 4.69) is 10.3 Å². The summed E-state index contributed by atoms with van der Waals surface area (Å²) in [4.78, 5) is 30.1. The Morgan fingerprint density at radius 1 is 1.39 bits per heavy atom. The Hall–Kier alpha value is -2.89. The Bertz CT molecular complexity index is 749. The molecule has 1 aliphatic heterocycles. The van der Waals surface area contributed by atoms with E-state index in [9.17, 15) is 14.0 Å². The zero-order chi connectivity index (χ0) is 20.7. The van der Waals surface area contributed by atoms with Crippen LogP contribution in [0.5, 0.6) is 5.75 Å². The molecule has 28 heavy (non-hydrogen) atoms. The number of ether oxygens (including phenoxy) is 2. The summed E-state index contributed by atoms with van der Waals surface area (Å²) >= 11 is 0. The highest BCUT2D eigenvalue weighted by Crippen LogP contribution is 2.19. The number of pyridine rings is 1. The minimum absolute atomic E-state index is 0.0856. The van der Waals surface area contributed by atoms with Gasteiger partial charge in [0.15, 0.2) is 0 Å². The number of halogens is 1. The van der Waals surface area contributed by atoms with E-state index in [1.54, 1.807) is 4.90 Å². The predicted molar refractivity (Wildman–Crippen MR) is 98.7 cm³/mol. The minimum Gasteiger partial charge on any atom is -0.489 e. The molecule has 2 heterocycles. The molecule has 0 bridgehead atoms. The van der Waals surface area contributed by atoms with Gasteiger partial charge in [-0.1, -0.05) is 0 Å². The van der Waals surface area contributed by atoms with E-state index < -0.39 is 18.2 Å². The van der Waals surface area contributed by atoms with Crippen molar-refractivity contribution in [3.8, 4) is 11.8 Å². The van der Waals surface area contributed by atoms with Gasteiger partial charge < -0.3 is 19.7 Å². The van der Waals surface area contributed by atoms with E-state index in [4.69, 9.17) is 14.7 Å². The number of alkyl halides is 1. The van der Waals surface area contributed by atoms with Crippen molar-refractivity contribution in [3.63, 3.8) is 0 Å². The predicted octanol–water partition coefficient (Wildman–Crippen LogP) is 2.43. The zero-order valence-corrected chi connectivity index (χ0v) is 16.3. The molecule has 0 atom stereocenters. The van der Waals surface area contributed by atoms with Gasteiger partial charge in [-0.05, 0) is 33.6 Å². The molecule has 0 radical (unpaired) electrons. The minimum atomic E-state index is -0.703. The second kappa shape index (κ2) is 9.35. The van der Waals surface area contributed by atoms with Crippen molar-refractivity contribution in [2.45, 2.75) is 45.3 Å². The van der Waals surface area contributed by atoms with Gasteiger partial charge >= 0.3 is 6.09 Å². The topological polar surface area (TPSA) is 105 Å². The van der Waals surface area contributed by atoms with Gasteiger partial charge in [0.2, 0.25) is 0 Å². The third kappa shape index (κ3) is 6.08. The summed E-state index contributed by atoms with van der Waals surface area (Å²) in [7, 11) is 0. The first-order valence-electron chi connectivity index (χ1n) is 9.11. The number of nitrogens with one attached hydrogen (secondary N) is 1. The molecule has 2 amide bonds. The van der Waals surface area contributed by atoms with Gasteiger partial charge in [0, 0.05) is 31.4 Å². The van der Waals surface area contributed by atoms with Crippen LogP contribution in [-0.2, 0) is 4.74 Å². The maximum absolute atomic E-state index is 12.5. The molecule has 0 unspecified atom stereocenters. The third-order valence-corrected chi connectivity index (χ3v) is 4.04. The van der Waals surface area contributed by atoms with Crippen LogP contribution in [0.4, 0.5) is 9.18 Å². The monoisotopic (exact) mass is 392 g/mol. The van der Waals surface area contributed by atoms with Gasteiger partial charge in [-0.15, -0.1) is 0 Å². The molecule has 152 valence electrons. The van der Waals surface area contributed by atoms with Crippen LogP contribution in [0.15, 0.2) is 12.3 Å². The van der Waals surface area contributed by atoms with Crippen molar-refractivity contribution < 1.29 is 23.5 Å². The number of hydrogen-bond acceptors (Lipinski definition) is 6. The number of rotatable bonds is 5. The number of piperidine rings is 1. The van der Waals surface area contributed by atoms with Crippen LogP contribution in [0, 0.1) is 11.3 Å². The van der Waals surface area contributed by atoms with Crippen LogP contribution in [0.3, 0.4) is 0 Å². The standard InChI is InChI=1S/C19H25FN4O4/c1-19(2,3)28-18(26)24-7-4-14(5-8-24)23-17(25)15-10-16(27-9-6-20)13(11-21)12-22-15/h10,12,14H,4-9H2,1-3H3,(H,23,25). The summed E-state index contributed by atoms with van der Waals surface area (Å²) in [5, 5.41) is 11.9. The summed E-state index contributed by atoms with van der Waals surface area (Å²) in [6.45, 7) is 5.49. The number of likely N-dealkylation sites (tertiary alicyclic amines) is 1. The summed E-state index contributed by atoms with van der Waals surface area (Å²) in [6.07, 6.45) is 2.05. The van der Waals surface area contributed by atoms with Gasteiger partial charge in [0.05, 0.1) is 0 Å². The second-order valence-electron chi connectivity index (χ2n) is 7.43. The number of hydrogen-bond donors (Lipinski definition) is 1. The number of nitriles is 1. The van der Waals surface area contributed by atoms with Crippen molar-refractivity contribution in [3.05, 3.63) is 23.5 Å². The summed E-state index contributed by atoms with van der Waals surface area (Å²) in [5.74, 6) is -0.287. The molecule has 8 nitrogen and oxygen atoms in total. The zero-order valence-electron chi connectivity index (χ0n) is 16.3. The van der Waals surface area contributed by atoms with E-state index in [1.165, 1.54) is 12.3 Å². The Morgan fingerprint density at radius 3 is 2.64 bits per heavy atom. The maximum atomic E-state index is 12.5. The van der Waals surface area contributed by atoms with Crippen molar-refractivity contribution in [2.24, 2.45) is 0 Å². The van der Waals surface area contributed by atoms with Crippen LogP contribution in [-0.4, -0.2) is 59.9 Å². The van der Waals surface area contributed by atoms with Gasteiger partial charge in [0.1, 0.15) is 42.0 Å². The fraction of sp³-hybridized carbons (Fsp3) is 0.579. The molecule has 1 fully saturated rings. The first kappa shape index (κ1) is 21.4. The highest BCUT2D eigenvalue weighted by Gasteiger charge is 2.28. The lowest BCUT2D eigenvalue weighted by Crippen LogP contribution is -2.47. The second-order valence-corrected chi connectivity index (χ2v) is 7.43. The first-order valence-corrected chi connectivity index (χ1v) is 9.11. The molecule has 1 N–H and O–H groups in total. The number of carbonyl (C=O) groups excluding carboxylic acids is 2. The Balaban J connectivity index is 1.92. The van der Waals surface area contributed by atoms with E-state index in [0.29, 0.717) is 25.9 Å². The van der Waals surface area contributed by atoms with Crippen LogP contribution in [0.2, 0.25) is 0 Å². The van der Waals surface area contributed by atoms with Crippen LogP contribution in [0.25, 0.3) is 0 Å². The Kier molecular flexibility index (Phi) is 7.15. The van der Waals surface area contributed by atoms with Gasteiger partial charge in [-0.25, -0.2) is 14.2 Å². The molecule has 1 aromatic rings. The van der Waals surface area contributed by atoms with Crippen LogP contribution >= 0.6 is 0 Å². The average Bonchev–Trinajstić information content (AvgIpc) is 2.65. The quantitative estimate of drug-likeness (QED) is 0.825. The lowest BCUT2D eigenvalue weighted by atomic mass is 10.1. The average molecular weight is 392 g/mol. The molecule has 9 heteroatoms. The van der Waals surface area contributed by atoms with E-state index in [-0.39, 0.29) is 35.7 Å². The van der Waals surface area contributed by atoms with E-state index in [0.717, 1.165) is 0 Å². The fourth-order valence-corrected chi connectivity index (χ4v) is 2.71. The Morgan fingerprint density at radius 2 is 2.07 bits per heavy atom. The van der Waals surface area contributed by atoms with Crippen molar-refractivity contribution in [1.29, 1.82) is 5.26 Å². The van der Waals surface area contributed by atoms with E-state index >= 15 is 0 Å². The smallest absolute Gasteiger partial charge is 0.410 e. The molecule has 0 aromatic carbocycles. The number of nitrogens with zero attached hydrogens (tertiary/aromatic N) is 3. The van der Waals surface area contributed by atoms with Crippen molar-refractivity contribution in [2.75, 3.05) is 26.4 Å². The normalized spacial score (nSPS) is 14.9. The molecule has 1 aromatic heterocycles. The number of carbonyl (C=O) groups is 2. The molecule has 0 aliphatic carbocycles. The van der Waals surface area contributed by atoms with Crippen LogP contribution in [0.1, 0.15) is 49.7 Å². The summed E-state index contributed by atoms with van der Waals surface area (Å²) < 4.78 is 22.8. The molecular formula is C19H25FN4O4. The molecule has 1 saturated heterocycles. The third-order valence-electron chi connectivity index (χ3n) is 4.04. The molecule has 0 saturated carbocycles. The molecule has 1 aliphatic rings. The van der Waals surface area contributed by atoms with Crippen molar-refractivity contribution in [1.82, 2.24) is 15.2 Å². The number of amides is 2. The highest BCUT2D eigenvalue weighted by atomic mass is 19.1. The lowest BCUT2D eigenvalue weighted by Gasteiger charge is -2.33. The molecule has 0 spiro atoms. The summed E-state index contributed by atoms with van der Waals surface area (Å²) in [6, 6.07) is 3.11. The molecular weight excluding hydrogens is 367 g/mol. The summed E-state index contributed by atoms with van der Waals surface area (Å²) in [5.41, 5.74) is -0.330. The Labute approximate surface area is 163 Å². The maximum Gasteiger partial charge on any atom is 0.410 e. The molecule has 2 rings (SSSR count).